The summed E-state index contributed by atoms with van der Waals surface area (Å²) in [4.78, 5) is 0. The van der Waals surface area contributed by atoms with Crippen molar-refractivity contribution < 1.29 is 13.5 Å². The molecule has 3 N–H and O–H groups in total. The molecule has 0 unspecified atom stereocenters. The van der Waals surface area contributed by atoms with Crippen LogP contribution in [0.15, 0.2) is 18.2 Å². The Hall–Kier alpha value is -1.27. The molecule has 16 heavy (non-hydrogen) atoms. The van der Waals surface area contributed by atoms with Gasteiger partial charge in [0.1, 0.15) is 5.75 Å². The first-order valence-corrected chi connectivity index (χ1v) is 6.50. The topological polar surface area (TPSA) is 78.4 Å². The van der Waals surface area contributed by atoms with Crippen LogP contribution in [0, 0.1) is 6.92 Å². The number of phenols is 1. The Morgan fingerprint density at radius 2 is 2.06 bits per heavy atom. The van der Waals surface area contributed by atoms with E-state index in [1.807, 2.05) is 13.8 Å². The van der Waals surface area contributed by atoms with Gasteiger partial charge < -0.3 is 5.11 Å². The van der Waals surface area contributed by atoms with E-state index in [0.717, 1.165) is 5.56 Å². The van der Waals surface area contributed by atoms with E-state index in [9.17, 15) is 13.5 Å². The lowest BCUT2D eigenvalue weighted by Crippen LogP contribution is -2.30. The van der Waals surface area contributed by atoms with Crippen molar-refractivity contribution in [3.63, 3.8) is 0 Å². The molecule has 0 aliphatic carbocycles. The first-order valence-electron chi connectivity index (χ1n) is 5.01. The molecule has 90 valence electrons. The summed E-state index contributed by atoms with van der Waals surface area (Å²) in [6.07, 6.45) is 0.709. The van der Waals surface area contributed by atoms with Crippen molar-refractivity contribution in [2.24, 2.45) is 0 Å². The molecule has 0 atom stereocenters. The Bertz CT molecular complexity index is 457. The van der Waals surface area contributed by atoms with Gasteiger partial charge in [0.25, 0.3) is 10.2 Å². The van der Waals surface area contributed by atoms with E-state index in [2.05, 4.69) is 9.44 Å². The maximum atomic E-state index is 11.5. The summed E-state index contributed by atoms with van der Waals surface area (Å²) in [7, 11) is -3.60. The standard InChI is InChI=1S/C10H16N2O3S/c1-3-6-11-16(14,15)12-9-7-8(2)4-5-10(9)13/h4-5,7,11-13H,3,6H2,1-2H3. The Kier molecular flexibility index (Phi) is 4.14. The van der Waals surface area contributed by atoms with E-state index < -0.39 is 10.2 Å². The van der Waals surface area contributed by atoms with Crippen LogP contribution in [-0.2, 0) is 10.2 Å². The maximum absolute atomic E-state index is 11.5. The van der Waals surface area contributed by atoms with Crippen molar-refractivity contribution in [1.82, 2.24) is 4.72 Å². The predicted molar refractivity (Wildman–Crippen MR) is 63.7 cm³/mol. The molecule has 0 heterocycles. The van der Waals surface area contributed by atoms with Gasteiger partial charge in [0, 0.05) is 6.54 Å². The van der Waals surface area contributed by atoms with E-state index in [1.54, 1.807) is 12.1 Å². The maximum Gasteiger partial charge on any atom is 0.299 e. The monoisotopic (exact) mass is 244 g/mol. The lowest BCUT2D eigenvalue weighted by Gasteiger charge is -2.10. The first-order chi connectivity index (χ1) is 7.44. The molecule has 0 bridgehead atoms. The molecule has 0 saturated carbocycles. The van der Waals surface area contributed by atoms with Gasteiger partial charge in [-0.05, 0) is 31.0 Å². The van der Waals surface area contributed by atoms with Crippen molar-refractivity contribution in [2.45, 2.75) is 20.3 Å². The number of anilines is 1. The van der Waals surface area contributed by atoms with Gasteiger partial charge in [-0.15, -0.1) is 0 Å². The van der Waals surface area contributed by atoms with Gasteiger partial charge in [-0.3, -0.25) is 4.72 Å². The first kappa shape index (κ1) is 12.8. The van der Waals surface area contributed by atoms with Crippen molar-refractivity contribution >= 4 is 15.9 Å². The molecule has 1 aromatic rings. The molecule has 0 aliphatic heterocycles. The summed E-state index contributed by atoms with van der Waals surface area (Å²) in [5.74, 6) is -0.0903. The average Bonchev–Trinajstić information content (AvgIpc) is 2.20. The smallest absolute Gasteiger partial charge is 0.299 e. The molecular formula is C10H16N2O3S. The van der Waals surface area contributed by atoms with Crippen molar-refractivity contribution in [1.29, 1.82) is 0 Å². The van der Waals surface area contributed by atoms with Crippen LogP contribution in [-0.4, -0.2) is 20.1 Å². The van der Waals surface area contributed by atoms with E-state index in [4.69, 9.17) is 0 Å². The number of benzene rings is 1. The average molecular weight is 244 g/mol. The summed E-state index contributed by atoms with van der Waals surface area (Å²) in [6, 6.07) is 4.72. The highest BCUT2D eigenvalue weighted by Gasteiger charge is 2.11. The van der Waals surface area contributed by atoms with Gasteiger partial charge in [-0.2, -0.15) is 13.1 Å². The second-order valence-electron chi connectivity index (χ2n) is 3.52. The second-order valence-corrected chi connectivity index (χ2v) is 5.02. The number of phenolic OH excluding ortho intramolecular Hbond substituents is 1. The van der Waals surface area contributed by atoms with E-state index in [-0.39, 0.29) is 11.4 Å². The van der Waals surface area contributed by atoms with Crippen molar-refractivity contribution in [2.75, 3.05) is 11.3 Å². The third-order valence-electron chi connectivity index (χ3n) is 1.94. The van der Waals surface area contributed by atoms with Gasteiger partial charge >= 0.3 is 0 Å². The number of hydrogen-bond acceptors (Lipinski definition) is 3. The molecule has 1 rings (SSSR count). The summed E-state index contributed by atoms with van der Waals surface area (Å²) in [5.41, 5.74) is 1.05. The minimum absolute atomic E-state index is 0.0903. The van der Waals surface area contributed by atoms with E-state index >= 15 is 0 Å². The molecule has 6 heteroatoms. The summed E-state index contributed by atoms with van der Waals surface area (Å²) in [5, 5.41) is 9.47. The SMILES string of the molecule is CCCNS(=O)(=O)Nc1cc(C)ccc1O. The Morgan fingerprint density at radius 1 is 1.38 bits per heavy atom. The molecule has 1 aromatic carbocycles. The number of aromatic hydroxyl groups is 1. The van der Waals surface area contributed by atoms with Gasteiger partial charge in [0.15, 0.2) is 0 Å². The number of nitrogens with one attached hydrogen (secondary N) is 2. The molecular weight excluding hydrogens is 228 g/mol. The van der Waals surface area contributed by atoms with Crippen molar-refractivity contribution in [3.05, 3.63) is 23.8 Å². The summed E-state index contributed by atoms with van der Waals surface area (Å²) in [6.45, 7) is 4.05. The van der Waals surface area contributed by atoms with Gasteiger partial charge in [0.05, 0.1) is 5.69 Å². The van der Waals surface area contributed by atoms with Crippen LogP contribution in [0.1, 0.15) is 18.9 Å². The molecule has 0 radical (unpaired) electrons. The lowest BCUT2D eigenvalue weighted by atomic mass is 10.2. The predicted octanol–water partition coefficient (Wildman–Crippen LogP) is 1.36. The molecule has 0 spiro atoms. The van der Waals surface area contributed by atoms with Crippen LogP contribution in [0.5, 0.6) is 5.75 Å². The zero-order valence-corrected chi connectivity index (χ0v) is 10.1. The lowest BCUT2D eigenvalue weighted by molar-refractivity contribution is 0.477. The highest BCUT2D eigenvalue weighted by atomic mass is 32.2. The van der Waals surface area contributed by atoms with Crippen LogP contribution >= 0.6 is 0 Å². The minimum Gasteiger partial charge on any atom is -0.506 e. The highest BCUT2D eigenvalue weighted by Crippen LogP contribution is 2.24. The van der Waals surface area contributed by atoms with Crippen LogP contribution in [0.3, 0.4) is 0 Å². The molecule has 0 amide bonds. The third-order valence-corrected chi connectivity index (χ3v) is 3.01. The number of hydrogen-bond donors (Lipinski definition) is 3. The normalized spacial score (nSPS) is 11.4. The fourth-order valence-corrected chi connectivity index (χ4v) is 2.15. The summed E-state index contributed by atoms with van der Waals surface area (Å²) < 4.78 is 27.6. The second kappa shape index (κ2) is 5.18. The molecule has 5 nitrogen and oxygen atoms in total. The molecule has 0 aromatic heterocycles. The minimum atomic E-state index is -3.60. The zero-order valence-electron chi connectivity index (χ0n) is 9.32. The van der Waals surface area contributed by atoms with E-state index in [1.165, 1.54) is 6.07 Å². The van der Waals surface area contributed by atoms with Gasteiger partial charge in [-0.1, -0.05) is 13.0 Å². The fourth-order valence-electron chi connectivity index (χ4n) is 1.15. The van der Waals surface area contributed by atoms with Crippen LogP contribution < -0.4 is 9.44 Å². The molecule has 0 fully saturated rings. The number of aryl methyl sites for hydroxylation is 1. The van der Waals surface area contributed by atoms with Crippen LogP contribution in [0.25, 0.3) is 0 Å². The summed E-state index contributed by atoms with van der Waals surface area (Å²) >= 11 is 0. The molecule has 0 aliphatic rings. The quantitative estimate of drug-likeness (QED) is 0.684. The number of rotatable bonds is 5. The highest BCUT2D eigenvalue weighted by molar-refractivity contribution is 7.90. The van der Waals surface area contributed by atoms with Gasteiger partial charge in [0.2, 0.25) is 0 Å². The Labute approximate surface area is 95.7 Å². The van der Waals surface area contributed by atoms with Crippen LogP contribution in [0.2, 0.25) is 0 Å². The fraction of sp³-hybridized carbons (Fsp3) is 0.400. The van der Waals surface area contributed by atoms with Gasteiger partial charge in [-0.25, -0.2) is 0 Å². The zero-order chi connectivity index (χ0) is 12.2. The van der Waals surface area contributed by atoms with Crippen LogP contribution in [0.4, 0.5) is 5.69 Å². The largest absolute Gasteiger partial charge is 0.506 e. The van der Waals surface area contributed by atoms with E-state index in [0.29, 0.717) is 13.0 Å². The molecule has 0 saturated heterocycles. The third kappa shape index (κ3) is 3.71. The Balaban J connectivity index is 2.83. The Morgan fingerprint density at radius 3 is 2.69 bits per heavy atom. The van der Waals surface area contributed by atoms with Crippen molar-refractivity contribution in [3.8, 4) is 5.75 Å².